The van der Waals surface area contributed by atoms with Crippen LogP contribution in [0.5, 0.6) is 0 Å². The molecule has 0 atom stereocenters. The van der Waals surface area contributed by atoms with Crippen LogP contribution < -0.4 is 103 Å². The van der Waals surface area contributed by atoms with Crippen molar-refractivity contribution in [2.45, 2.75) is 96.3 Å². The monoisotopic (exact) mass is 2200 g/mol. The normalized spacial score (nSPS) is 13.7. The molecule has 15 aromatic carbocycles. The van der Waals surface area contributed by atoms with E-state index in [0.29, 0.717) is 47.5 Å². The Hall–Kier alpha value is -14.1. The number of hydrogen-bond acceptors (Lipinski definition) is 17. The van der Waals surface area contributed by atoms with Crippen molar-refractivity contribution >= 4 is 174 Å². The van der Waals surface area contributed by atoms with Crippen LogP contribution in [0, 0.1) is 20.8 Å². The first kappa shape index (κ1) is 112. The van der Waals surface area contributed by atoms with Crippen molar-refractivity contribution < 1.29 is 30.5 Å². The number of fused-ring (bicyclic) bond motifs is 3. The fourth-order valence-electron chi connectivity index (χ4n) is 17.1. The molecule has 6 heterocycles. The van der Waals surface area contributed by atoms with Gasteiger partial charge in [0.15, 0.2) is 0 Å². The predicted molar refractivity (Wildman–Crippen MR) is 639 cm³/mol. The van der Waals surface area contributed by atoms with Gasteiger partial charge in [0.2, 0.25) is 17.8 Å². The minimum absolute atomic E-state index is 0. The topological polar surface area (TPSA) is 299 Å². The van der Waals surface area contributed by atoms with Crippen LogP contribution in [0.2, 0.25) is 0 Å². The van der Waals surface area contributed by atoms with Gasteiger partial charge in [0.1, 0.15) is 0 Å². The van der Waals surface area contributed by atoms with E-state index in [-0.39, 0.29) is 20.4 Å². The minimum Gasteiger partial charge on any atom is -0.423 e. The molecule has 2 aliphatic carbocycles. The second-order valence-corrected chi connectivity index (χ2v) is 45.5. The van der Waals surface area contributed by atoms with Gasteiger partial charge < -0.3 is 44.0 Å². The molecule has 0 bridgehead atoms. The van der Waals surface area contributed by atoms with Gasteiger partial charge >= 0.3 is 7.12 Å². The zero-order chi connectivity index (χ0) is 104. The van der Waals surface area contributed by atoms with Gasteiger partial charge in [0.05, 0.1) is 16.6 Å². The third-order valence-corrected chi connectivity index (χ3v) is 35.2. The molecule has 754 valence electrons. The molecule has 21 aromatic rings. The van der Waals surface area contributed by atoms with Gasteiger partial charge in [-0.3, -0.25) is 15.0 Å². The van der Waals surface area contributed by atoms with Crippen LogP contribution >= 0.6 is 47.6 Å². The largest absolute Gasteiger partial charge is 0.490 e. The summed E-state index contributed by atoms with van der Waals surface area (Å²) in [6.07, 6.45) is 24.6. The Morgan fingerprint density at radius 3 is 0.780 bits per heavy atom. The number of benzene rings is 15. The molecule has 150 heavy (non-hydrogen) atoms. The molecule has 13 N–H and O–H groups in total. The molecule has 24 heteroatoms. The van der Waals surface area contributed by atoms with E-state index < -0.39 is 38.8 Å². The van der Waals surface area contributed by atoms with Gasteiger partial charge in [0, 0.05) is 138 Å². The van der Waals surface area contributed by atoms with Crippen LogP contribution in [0.15, 0.2) is 497 Å². The number of aryl methyl sites for hydroxylation is 3. The Morgan fingerprint density at radius 2 is 0.520 bits per heavy atom. The van der Waals surface area contributed by atoms with Crippen LogP contribution in [0.3, 0.4) is 0 Å². The maximum atomic E-state index is 8.72. The summed E-state index contributed by atoms with van der Waals surface area (Å²) in [6.45, 7) is 5.97. The summed E-state index contributed by atoms with van der Waals surface area (Å²) < 4.78 is 1.02. The summed E-state index contributed by atoms with van der Waals surface area (Å²) in [6, 6.07) is 155. The van der Waals surface area contributed by atoms with E-state index in [2.05, 4.69) is 468 Å². The molecule has 0 radical (unpaired) electrons. The van der Waals surface area contributed by atoms with Crippen molar-refractivity contribution in [2.75, 3.05) is 16.8 Å². The molecule has 6 aromatic heterocycles. The quantitative estimate of drug-likeness (QED) is 0.0310. The third-order valence-electron chi connectivity index (χ3n) is 24.9. The maximum Gasteiger partial charge on any atom is 0.490 e. The molecule has 2 fully saturated rings. The van der Waals surface area contributed by atoms with Crippen molar-refractivity contribution in [1.82, 2.24) is 44.9 Å². The number of nitrogens with two attached hydrogens (primary N) is 5. The van der Waals surface area contributed by atoms with E-state index in [1.807, 2.05) is 67.3 Å². The number of aromatic nitrogens is 9. The first-order valence-corrected chi connectivity index (χ1v) is 56.0. The number of rotatable bonds is 17. The number of halogens is 1. The van der Waals surface area contributed by atoms with Crippen LogP contribution in [-0.2, 0) is 20.4 Å². The Morgan fingerprint density at radius 1 is 0.280 bits per heavy atom. The third kappa shape index (κ3) is 33.7. The van der Waals surface area contributed by atoms with E-state index in [9.17, 15) is 0 Å². The number of pyridine rings is 3. The number of nitrogens with zero attached hydrogens (tertiary/aromatic N) is 9. The van der Waals surface area contributed by atoms with Crippen molar-refractivity contribution in [3.05, 3.63) is 514 Å². The minimum atomic E-state index is -1.41. The van der Waals surface area contributed by atoms with Crippen molar-refractivity contribution in [3.63, 3.8) is 0 Å². The molecule has 0 saturated heterocycles. The number of hydrogen-bond donors (Lipinski definition) is 8. The molecular formula is C126H123BBrN15O2P4Pd. The summed E-state index contributed by atoms with van der Waals surface area (Å²) >= 11 is 3.36. The molecule has 23 rings (SSSR count). The molecule has 2 saturated carbocycles. The van der Waals surface area contributed by atoms with Gasteiger partial charge in [-0.25, -0.2) is 29.9 Å². The number of nitrogen functional groups attached to an aromatic ring is 2. The fraction of sp³-hybridized carbons (Fsp3) is 0.119. The average Bonchev–Trinajstić information content (AvgIpc) is 0.806. The predicted octanol–water partition coefficient (Wildman–Crippen LogP) is 21.3. The van der Waals surface area contributed by atoms with E-state index in [0.717, 1.165) is 116 Å². The standard InChI is InChI=1S/C20H23N5.4C18H15P.C14H12N4.C8H6BrN3.C6H8BNO2.C6H14N2.Pd/c1-13-8-9-22-12-18(13)14-2-7-19-15(10-14)11-23-20(25-19)24-17-5-3-16(21)4-6-17;4*1-4-10-16(11-5-1)19(17-12-6-2-7-13-17)18-14-8-3-9-15-18;1-9-4-5-16-8-12(9)10-2-3-13-11(6-10)7-17-14(15)18-13;9-6-1-2-7-5(3-6)4-11-8(10)12-7;1-5-2-3-8-4-6(5)7(9)10;7-5-1-2-6(8)4-3-5;/h2,7-12,16-17H,3-6,21H2,1H3,(H,23,24,25);4*1-15H;2-8H,1H3,(H2,15,17,18);1-4H,(H2,10,11,12);2-4,9-10H,1H3;5-6H,1-4,7-8H2;. The zero-order valence-corrected chi connectivity index (χ0v) is 90.8. The zero-order valence-electron chi connectivity index (χ0n) is 84.1. The Labute approximate surface area is 908 Å². The first-order chi connectivity index (χ1) is 73.0. The fourth-order valence-corrected chi connectivity index (χ4v) is 26.7. The van der Waals surface area contributed by atoms with Crippen LogP contribution in [0.1, 0.15) is 68.1 Å². The summed E-state index contributed by atoms with van der Waals surface area (Å²) in [5.41, 5.74) is 39.2. The van der Waals surface area contributed by atoms with Crippen molar-refractivity contribution in [3.8, 4) is 22.3 Å². The second-order valence-electron chi connectivity index (χ2n) is 35.7. The Bertz CT molecular complexity index is 6680. The van der Waals surface area contributed by atoms with Gasteiger partial charge in [-0.1, -0.05) is 392 Å². The first-order valence-electron chi connectivity index (χ1n) is 49.9. The molecule has 0 spiro atoms. The SMILES string of the molecule is Cc1ccncc1-c1ccc2nc(N)ncc2c1.Cc1ccncc1-c1ccc2nc(NC3CCC(N)CC3)ncc2c1.Cc1ccncc1B(O)O.NC1CCC(N)CC1.Nc1ncc2cc(Br)ccc2n1.[Pd].c1ccc(P(c2ccccc2)c2ccccc2)cc1.c1ccc(P(c2ccccc2)c2ccccc2)cc1.c1ccc(P(c2ccccc2)c2ccccc2)cc1.c1ccc(P(c2ccccc2)c2ccccc2)cc1. The van der Waals surface area contributed by atoms with Gasteiger partial charge in [-0.05, 0) is 256 Å². The molecular weight excluding hydrogens is 2080 g/mol. The Balaban J connectivity index is 0.000000135. The molecule has 2 aliphatic rings. The number of anilines is 3. The summed E-state index contributed by atoms with van der Waals surface area (Å²) in [7, 11) is -3.19. The van der Waals surface area contributed by atoms with E-state index in [4.69, 9.17) is 38.7 Å². The van der Waals surface area contributed by atoms with Crippen molar-refractivity contribution in [1.29, 1.82) is 0 Å². The van der Waals surface area contributed by atoms with E-state index in [1.165, 1.54) is 81.0 Å². The van der Waals surface area contributed by atoms with E-state index in [1.54, 1.807) is 37.8 Å². The molecule has 0 amide bonds. The molecule has 0 aliphatic heterocycles. The smallest absolute Gasteiger partial charge is 0.423 e. The average molecular weight is 2200 g/mol. The summed E-state index contributed by atoms with van der Waals surface area (Å²) in [4.78, 5) is 37.5. The molecule has 17 nitrogen and oxygen atoms in total. The van der Waals surface area contributed by atoms with Crippen molar-refractivity contribution in [2.24, 2.45) is 17.2 Å². The van der Waals surface area contributed by atoms with E-state index >= 15 is 0 Å². The van der Waals surface area contributed by atoms with Gasteiger partial charge in [-0.2, -0.15) is 0 Å². The summed E-state index contributed by atoms with van der Waals surface area (Å²) in [5, 5.41) is 40.7. The summed E-state index contributed by atoms with van der Waals surface area (Å²) in [5.74, 6) is 1.32. The van der Waals surface area contributed by atoms with Crippen LogP contribution in [0.25, 0.3) is 55.0 Å². The maximum absolute atomic E-state index is 8.72. The van der Waals surface area contributed by atoms with Crippen LogP contribution in [-0.4, -0.2) is 86.2 Å². The van der Waals surface area contributed by atoms with Gasteiger partial charge in [-0.15, -0.1) is 0 Å². The second kappa shape index (κ2) is 59.3. The molecule has 0 unspecified atom stereocenters. The Kier molecular flexibility index (Phi) is 44.1. The van der Waals surface area contributed by atoms with Gasteiger partial charge in [0.25, 0.3) is 0 Å². The van der Waals surface area contributed by atoms with Crippen LogP contribution in [0.4, 0.5) is 17.8 Å². The number of nitrogens with one attached hydrogen (secondary N) is 1.